The van der Waals surface area contributed by atoms with Gasteiger partial charge in [-0.05, 0) is 91.3 Å². The minimum Gasteiger partial charge on any atom is -0.476 e. The summed E-state index contributed by atoms with van der Waals surface area (Å²) in [4.78, 5) is 16.4. The van der Waals surface area contributed by atoms with Crippen LogP contribution in [0.25, 0.3) is 4.98 Å². The lowest BCUT2D eigenvalue weighted by Gasteiger charge is -2.60. The lowest BCUT2D eigenvalue weighted by Crippen LogP contribution is -2.57. The van der Waals surface area contributed by atoms with E-state index in [0.717, 1.165) is 43.2 Å². The van der Waals surface area contributed by atoms with Gasteiger partial charge in [-0.2, -0.15) is 0 Å². The second-order valence-corrected chi connectivity index (χ2v) is 13.2. The van der Waals surface area contributed by atoms with Crippen LogP contribution in [0.2, 0.25) is 0 Å². The van der Waals surface area contributed by atoms with Gasteiger partial charge in [0.1, 0.15) is 11.9 Å². The van der Waals surface area contributed by atoms with Crippen LogP contribution in [0.4, 0.5) is 0 Å². The molecule has 34 heavy (non-hydrogen) atoms. The van der Waals surface area contributed by atoms with Crippen LogP contribution in [0.3, 0.4) is 0 Å². The normalized spacial score (nSPS) is 43.0. The van der Waals surface area contributed by atoms with Crippen molar-refractivity contribution in [3.05, 3.63) is 17.1 Å². The van der Waals surface area contributed by atoms with Gasteiger partial charge in [-0.3, -0.25) is 4.79 Å². The zero-order valence-electron chi connectivity index (χ0n) is 22.1. The number of carbonyl (C=O) groups is 1. The van der Waals surface area contributed by atoms with E-state index in [4.69, 9.17) is 10.1 Å². The van der Waals surface area contributed by atoms with Gasteiger partial charge in [-0.25, -0.2) is 0 Å². The number of hydrogen-bond donors (Lipinski definition) is 1. The number of ketones is 1. The molecule has 0 bridgehead atoms. The van der Waals surface area contributed by atoms with E-state index < -0.39 is 0 Å². The van der Waals surface area contributed by atoms with Crippen LogP contribution in [-0.4, -0.2) is 17.0 Å². The van der Waals surface area contributed by atoms with E-state index in [9.17, 15) is 9.90 Å². The van der Waals surface area contributed by atoms with Gasteiger partial charge in [-0.1, -0.05) is 53.9 Å². The molecule has 0 heterocycles. The van der Waals surface area contributed by atoms with E-state index in [1.54, 1.807) is 0 Å². The molecule has 0 unspecified atom stereocenters. The van der Waals surface area contributed by atoms with Gasteiger partial charge < -0.3 is 9.84 Å². The first kappa shape index (κ1) is 25.5. The van der Waals surface area contributed by atoms with Crippen LogP contribution < -0.4 is 0 Å². The Morgan fingerprint density at radius 2 is 1.82 bits per heavy atom. The molecular formula is C29H47N2O3+. The molecule has 9 atom stereocenters. The first-order valence-electron chi connectivity index (χ1n) is 14.0. The van der Waals surface area contributed by atoms with Crippen molar-refractivity contribution in [1.29, 1.82) is 5.39 Å². The van der Waals surface area contributed by atoms with Crippen LogP contribution >= 0.6 is 0 Å². The number of carbonyl (C=O) groups excluding carboxylic acids is 1. The van der Waals surface area contributed by atoms with E-state index in [1.165, 1.54) is 44.9 Å². The Morgan fingerprint density at radius 3 is 2.53 bits per heavy atom. The molecule has 5 nitrogen and oxygen atoms in total. The standard InChI is InChI=1S/C29H46N2O3/c1-18(2)7-6-8-19(3)22-9-10-23-21-16-26(32)25-15-20(34-27(33)17-31-30)11-13-29(25,5)24(21)12-14-28(22,23)4/h17-25H,6-16H2,1-5H3/p+1/b27-17-/t19-,20+,21+,22-,23+,24+,25-,28-,29-/m1/s1. The molecular weight excluding hydrogens is 424 g/mol. The highest BCUT2D eigenvalue weighted by Crippen LogP contribution is 2.68. The van der Waals surface area contributed by atoms with Crippen LogP contribution in [0.5, 0.6) is 0 Å². The number of fused-ring (bicyclic) bond motifs is 5. The summed E-state index contributed by atoms with van der Waals surface area (Å²) in [6, 6.07) is 0. The summed E-state index contributed by atoms with van der Waals surface area (Å²) in [5.74, 6) is 4.31. The molecule has 4 saturated carbocycles. The Morgan fingerprint density at radius 1 is 1.12 bits per heavy atom. The molecule has 0 aromatic heterocycles. The highest BCUT2D eigenvalue weighted by molar-refractivity contribution is 5.83. The zero-order chi connectivity index (χ0) is 24.7. The Labute approximate surface area is 206 Å². The van der Waals surface area contributed by atoms with Gasteiger partial charge in [0.05, 0.1) is 0 Å². The molecule has 0 aromatic carbocycles. The van der Waals surface area contributed by atoms with Gasteiger partial charge in [0.25, 0.3) is 0 Å². The molecule has 4 fully saturated rings. The molecule has 0 spiro atoms. The van der Waals surface area contributed by atoms with E-state index in [1.807, 2.05) is 0 Å². The summed E-state index contributed by atoms with van der Waals surface area (Å²) >= 11 is 0. The van der Waals surface area contributed by atoms with Crippen molar-refractivity contribution in [2.75, 3.05) is 0 Å². The summed E-state index contributed by atoms with van der Waals surface area (Å²) < 4.78 is 5.59. The van der Waals surface area contributed by atoms with Crippen molar-refractivity contribution in [2.24, 2.45) is 52.3 Å². The number of diazo groups is 1. The highest BCUT2D eigenvalue weighted by Gasteiger charge is 2.62. The van der Waals surface area contributed by atoms with E-state index >= 15 is 0 Å². The number of ether oxygens (including phenoxy) is 1. The number of Topliss-reactive ketones (excluding diaryl/α,β-unsaturated/α-hetero) is 1. The van der Waals surface area contributed by atoms with Crippen LogP contribution in [0.15, 0.2) is 12.1 Å². The number of rotatable bonds is 7. The molecule has 0 radical (unpaired) electrons. The number of aliphatic hydroxyl groups excluding tert-OH is 1. The van der Waals surface area contributed by atoms with Gasteiger partial charge in [0.15, 0.2) is 4.98 Å². The number of nitrogens with zero attached hydrogens (tertiary/aromatic N) is 2. The first-order chi connectivity index (χ1) is 16.1. The minimum absolute atomic E-state index is 0.0166. The van der Waals surface area contributed by atoms with Crippen LogP contribution in [-0.2, 0) is 9.53 Å². The Kier molecular flexibility index (Phi) is 7.37. The van der Waals surface area contributed by atoms with Crippen molar-refractivity contribution in [3.8, 4) is 0 Å². The fourth-order valence-corrected chi connectivity index (χ4v) is 9.39. The largest absolute Gasteiger partial charge is 0.476 e. The molecule has 0 aromatic rings. The molecule has 190 valence electrons. The molecule has 0 amide bonds. The zero-order valence-corrected chi connectivity index (χ0v) is 22.1. The summed E-state index contributed by atoms with van der Waals surface area (Å²) in [7, 11) is 0. The Hall–Kier alpha value is -1.57. The van der Waals surface area contributed by atoms with Crippen LogP contribution in [0, 0.1) is 57.6 Å². The third-order valence-corrected chi connectivity index (χ3v) is 11.1. The molecule has 1 N–H and O–H groups in total. The minimum atomic E-state index is -0.370. The molecule has 4 aliphatic rings. The first-order valence-corrected chi connectivity index (χ1v) is 14.0. The number of hydrogen-bond acceptors (Lipinski definition) is 4. The quantitative estimate of drug-likeness (QED) is 0.303. The average Bonchev–Trinajstić information content (AvgIpc) is 3.12. The fourth-order valence-electron chi connectivity index (χ4n) is 9.39. The number of aliphatic hydroxyl groups is 1. The van der Waals surface area contributed by atoms with Crippen molar-refractivity contribution in [3.63, 3.8) is 0 Å². The summed E-state index contributed by atoms with van der Waals surface area (Å²) in [5, 5.41) is 18.4. The predicted octanol–water partition coefficient (Wildman–Crippen LogP) is 7.88. The second kappa shape index (κ2) is 9.82. The lowest BCUT2D eigenvalue weighted by atomic mass is 9.44. The third kappa shape index (κ3) is 4.51. The predicted molar refractivity (Wildman–Crippen MR) is 134 cm³/mol. The smallest absolute Gasteiger partial charge is 0.429 e. The summed E-state index contributed by atoms with van der Waals surface area (Å²) in [6.45, 7) is 12.1. The molecule has 0 saturated heterocycles. The van der Waals surface area contributed by atoms with E-state index in [2.05, 4.69) is 39.6 Å². The SMILES string of the molecule is CC(C)CCC[C@@H](C)[C@H]1CC[C@H]2[C@@H]3CC(=O)[C@H]4C[C@@H](O/C(O)=C\[N+]#N)CC[C@]4(C)[C@H]3CC[C@]12C. The topological polar surface area (TPSA) is 74.7 Å². The molecule has 5 heteroatoms. The van der Waals surface area contributed by atoms with Gasteiger partial charge in [0.2, 0.25) is 5.39 Å². The second-order valence-electron chi connectivity index (χ2n) is 13.2. The molecule has 4 rings (SSSR count). The maximum atomic E-state index is 13.6. The van der Waals surface area contributed by atoms with Crippen LogP contribution in [0.1, 0.15) is 105 Å². The van der Waals surface area contributed by atoms with E-state index in [0.29, 0.717) is 35.4 Å². The summed E-state index contributed by atoms with van der Waals surface area (Å²) in [5.41, 5.74) is 0.440. The van der Waals surface area contributed by atoms with Gasteiger partial charge >= 0.3 is 12.1 Å². The van der Waals surface area contributed by atoms with Gasteiger partial charge in [0, 0.05) is 12.3 Å². The van der Waals surface area contributed by atoms with Crippen molar-refractivity contribution in [2.45, 2.75) is 111 Å². The van der Waals surface area contributed by atoms with Gasteiger partial charge in [-0.15, -0.1) is 0 Å². The Balaban J connectivity index is 1.46. The summed E-state index contributed by atoms with van der Waals surface area (Å²) in [6.07, 6.45) is 13.2. The van der Waals surface area contributed by atoms with Crippen molar-refractivity contribution < 1.29 is 14.6 Å². The average molecular weight is 472 g/mol. The lowest BCUT2D eigenvalue weighted by molar-refractivity contribution is -0.162. The maximum absolute atomic E-state index is 13.6. The molecule has 4 aliphatic carbocycles. The highest BCUT2D eigenvalue weighted by atomic mass is 16.6. The Bertz CT molecular complexity index is 832. The van der Waals surface area contributed by atoms with E-state index in [-0.39, 0.29) is 23.4 Å². The third-order valence-electron chi connectivity index (χ3n) is 11.1. The van der Waals surface area contributed by atoms with Crippen molar-refractivity contribution in [1.82, 2.24) is 0 Å². The van der Waals surface area contributed by atoms with Crippen molar-refractivity contribution >= 4 is 5.78 Å². The monoisotopic (exact) mass is 471 g/mol. The maximum Gasteiger partial charge on any atom is 0.429 e. The molecule has 0 aliphatic heterocycles. The fraction of sp³-hybridized carbons (Fsp3) is 0.897.